The van der Waals surface area contributed by atoms with Gasteiger partial charge in [-0.15, -0.1) is 0 Å². The van der Waals surface area contributed by atoms with E-state index in [2.05, 4.69) is 4.98 Å². The molecule has 2 aromatic carbocycles. The van der Waals surface area contributed by atoms with Crippen LogP contribution in [0.25, 0.3) is 22.0 Å². The molecule has 3 rings (SSSR count). The van der Waals surface area contributed by atoms with E-state index in [0.29, 0.717) is 22.0 Å². The van der Waals surface area contributed by atoms with Gasteiger partial charge in [0.1, 0.15) is 17.7 Å². The third-order valence-corrected chi connectivity index (χ3v) is 3.64. The topological polar surface area (TPSA) is 82.0 Å². The Bertz CT molecular complexity index is 915. The summed E-state index contributed by atoms with van der Waals surface area (Å²) in [4.78, 5) is 14.3. The number of hydrogen-bond donors (Lipinski definition) is 1. The van der Waals surface area contributed by atoms with E-state index in [0.717, 1.165) is 6.20 Å². The molecule has 0 fully saturated rings. The lowest BCUT2D eigenvalue weighted by atomic mass is 10.0. The van der Waals surface area contributed by atoms with Crippen LogP contribution in [0.3, 0.4) is 0 Å². The predicted octanol–water partition coefficient (Wildman–Crippen LogP) is 4.18. The molecular formula is C15H9ClFN3O2. The Balaban J connectivity index is 2.27. The van der Waals surface area contributed by atoms with Gasteiger partial charge in [-0.05, 0) is 23.8 Å². The molecule has 0 aliphatic rings. The maximum Gasteiger partial charge on any atom is 0.310 e. The van der Waals surface area contributed by atoms with Crippen molar-refractivity contribution in [1.29, 1.82) is 0 Å². The molecule has 0 atom stereocenters. The molecule has 0 bridgehead atoms. The lowest BCUT2D eigenvalue weighted by Crippen LogP contribution is -1.98. The second-order valence-corrected chi connectivity index (χ2v) is 5.05. The lowest BCUT2D eigenvalue weighted by Gasteiger charge is -2.08. The molecular weight excluding hydrogens is 309 g/mol. The van der Waals surface area contributed by atoms with Gasteiger partial charge in [0.15, 0.2) is 0 Å². The number of nitrogen functional groups attached to an aromatic ring is 1. The third-order valence-electron chi connectivity index (χ3n) is 3.35. The van der Waals surface area contributed by atoms with E-state index in [9.17, 15) is 14.5 Å². The lowest BCUT2D eigenvalue weighted by molar-refractivity contribution is -0.384. The van der Waals surface area contributed by atoms with Crippen LogP contribution in [0.1, 0.15) is 0 Å². The van der Waals surface area contributed by atoms with Gasteiger partial charge in [-0.3, -0.25) is 10.1 Å². The minimum atomic E-state index is -0.603. The fourth-order valence-electron chi connectivity index (χ4n) is 2.24. The standard InChI is InChI=1S/C15H9ClFN3O2/c16-11-3-1-2-9(14(11)17)8-4-5-12-10(6-8)15(18)13(7-19-12)20(21)22/h1-7H,(H2,18,19). The van der Waals surface area contributed by atoms with E-state index in [1.165, 1.54) is 6.07 Å². The van der Waals surface area contributed by atoms with Crippen LogP contribution in [-0.4, -0.2) is 9.91 Å². The van der Waals surface area contributed by atoms with Crippen LogP contribution in [0.15, 0.2) is 42.6 Å². The maximum absolute atomic E-state index is 14.1. The van der Waals surface area contributed by atoms with Crippen LogP contribution in [0.4, 0.5) is 15.8 Å². The highest BCUT2D eigenvalue weighted by atomic mass is 35.5. The third kappa shape index (κ3) is 2.23. The molecule has 5 nitrogen and oxygen atoms in total. The van der Waals surface area contributed by atoms with Crippen LogP contribution in [-0.2, 0) is 0 Å². The van der Waals surface area contributed by atoms with Gasteiger partial charge in [0.05, 0.1) is 15.5 Å². The number of pyridine rings is 1. The first-order valence-corrected chi connectivity index (χ1v) is 6.64. The minimum Gasteiger partial charge on any atom is -0.393 e. The monoisotopic (exact) mass is 317 g/mol. The molecule has 0 aliphatic carbocycles. The van der Waals surface area contributed by atoms with Gasteiger partial charge in [0.25, 0.3) is 0 Å². The molecule has 1 aromatic heterocycles. The second kappa shape index (κ2) is 5.23. The molecule has 0 saturated carbocycles. The van der Waals surface area contributed by atoms with E-state index >= 15 is 0 Å². The summed E-state index contributed by atoms with van der Waals surface area (Å²) >= 11 is 5.78. The van der Waals surface area contributed by atoms with E-state index in [1.54, 1.807) is 30.3 Å². The largest absolute Gasteiger partial charge is 0.393 e. The molecule has 2 N–H and O–H groups in total. The van der Waals surface area contributed by atoms with Crippen molar-refractivity contribution < 1.29 is 9.31 Å². The molecule has 0 radical (unpaired) electrons. The Labute approximate surface area is 129 Å². The number of anilines is 1. The number of nitrogens with two attached hydrogens (primary N) is 1. The number of nitro groups is 1. The second-order valence-electron chi connectivity index (χ2n) is 4.65. The summed E-state index contributed by atoms with van der Waals surface area (Å²) in [6.45, 7) is 0. The summed E-state index contributed by atoms with van der Waals surface area (Å²) in [5, 5.41) is 11.3. The molecule has 0 aliphatic heterocycles. The zero-order valence-electron chi connectivity index (χ0n) is 11.1. The molecule has 7 heteroatoms. The number of halogens is 2. The first-order valence-electron chi connectivity index (χ1n) is 6.26. The molecule has 3 aromatic rings. The van der Waals surface area contributed by atoms with Gasteiger partial charge >= 0.3 is 5.69 Å². The first-order chi connectivity index (χ1) is 10.5. The number of fused-ring (bicyclic) bond motifs is 1. The number of nitrogens with zero attached hydrogens (tertiary/aromatic N) is 2. The molecule has 0 saturated heterocycles. The minimum absolute atomic E-state index is 0.000661. The molecule has 0 amide bonds. The fourth-order valence-corrected chi connectivity index (χ4v) is 2.42. The smallest absolute Gasteiger partial charge is 0.310 e. The first kappa shape index (κ1) is 14.2. The van der Waals surface area contributed by atoms with E-state index in [4.69, 9.17) is 17.3 Å². The predicted molar refractivity (Wildman–Crippen MR) is 83.2 cm³/mol. The SMILES string of the molecule is Nc1c([N+](=O)[O-])cnc2ccc(-c3cccc(Cl)c3F)cc12. The van der Waals surface area contributed by atoms with Crippen molar-refractivity contribution in [2.45, 2.75) is 0 Å². The Kier molecular flexibility index (Phi) is 3.38. The van der Waals surface area contributed by atoms with Crippen molar-refractivity contribution in [3.63, 3.8) is 0 Å². The van der Waals surface area contributed by atoms with E-state index < -0.39 is 10.7 Å². The van der Waals surface area contributed by atoms with Crippen LogP contribution < -0.4 is 5.73 Å². The Morgan fingerprint density at radius 3 is 2.77 bits per heavy atom. The summed E-state index contributed by atoms with van der Waals surface area (Å²) in [6.07, 6.45) is 1.11. The average Bonchev–Trinajstić information content (AvgIpc) is 2.50. The molecule has 0 unspecified atom stereocenters. The van der Waals surface area contributed by atoms with E-state index in [1.807, 2.05) is 0 Å². The van der Waals surface area contributed by atoms with Gasteiger partial charge in [-0.2, -0.15) is 0 Å². The number of rotatable bonds is 2. The Morgan fingerprint density at radius 2 is 2.05 bits per heavy atom. The highest BCUT2D eigenvalue weighted by molar-refractivity contribution is 6.31. The summed E-state index contributed by atoms with van der Waals surface area (Å²) in [7, 11) is 0. The Hall–Kier alpha value is -2.73. The van der Waals surface area contributed by atoms with Gasteiger partial charge in [-0.1, -0.05) is 29.8 Å². The number of hydrogen-bond acceptors (Lipinski definition) is 4. The van der Waals surface area contributed by atoms with Crippen molar-refractivity contribution in [3.8, 4) is 11.1 Å². The Morgan fingerprint density at radius 1 is 1.27 bits per heavy atom. The van der Waals surface area contributed by atoms with Crippen LogP contribution in [0.2, 0.25) is 5.02 Å². The molecule has 0 spiro atoms. The quantitative estimate of drug-likeness (QED) is 0.567. The maximum atomic E-state index is 14.1. The summed E-state index contributed by atoms with van der Waals surface area (Å²) in [5.74, 6) is -0.555. The average molecular weight is 318 g/mol. The molecule has 22 heavy (non-hydrogen) atoms. The molecule has 110 valence electrons. The van der Waals surface area contributed by atoms with Gasteiger partial charge in [-0.25, -0.2) is 9.37 Å². The highest BCUT2D eigenvalue weighted by Crippen LogP contribution is 2.33. The normalized spacial score (nSPS) is 10.8. The number of aromatic nitrogens is 1. The van der Waals surface area contributed by atoms with Crippen molar-refractivity contribution in [1.82, 2.24) is 4.98 Å². The highest BCUT2D eigenvalue weighted by Gasteiger charge is 2.16. The van der Waals surface area contributed by atoms with Gasteiger partial charge in [0.2, 0.25) is 0 Å². The molecule has 1 heterocycles. The fraction of sp³-hybridized carbons (Fsp3) is 0. The van der Waals surface area contributed by atoms with Crippen LogP contribution in [0, 0.1) is 15.9 Å². The zero-order chi connectivity index (χ0) is 15.9. The van der Waals surface area contributed by atoms with Crippen LogP contribution in [0.5, 0.6) is 0 Å². The van der Waals surface area contributed by atoms with Crippen LogP contribution >= 0.6 is 11.6 Å². The van der Waals surface area contributed by atoms with Gasteiger partial charge < -0.3 is 5.73 Å². The van der Waals surface area contributed by atoms with E-state index in [-0.39, 0.29) is 16.4 Å². The van der Waals surface area contributed by atoms with Crippen molar-refractivity contribution >= 4 is 33.9 Å². The summed E-state index contributed by atoms with van der Waals surface area (Å²) < 4.78 is 14.1. The number of benzene rings is 2. The summed E-state index contributed by atoms with van der Waals surface area (Å²) in [5.41, 5.74) is 6.85. The zero-order valence-corrected chi connectivity index (χ0v) is 11.8. The van der Waals surface area contributed by atoms with Gasteiger partial charge in [0, 0.05) is 10.9 Å². The van der Waals surface area contributed by atoms with Crippen molar-refractivity contribution in [2.24, 2.45) is 0 Å². The summed E-state index contributed by atoms with van der Waals surface area (Å²) in [6, 6.07) is 9.51. The van der Waals surface area contributed by atoms with Crippen molar-refractivity contribution in [3.05, 3.63) is 63.5 Å². The van der Waals surface area contributed by atoms with Crippen molar-refractivity contribution in [2.75, 3.05) is 5.73 Å².